The largest absolute Gasteiger partial charge is 0.490 e. The molecule has 1 aliphatic rings. The molecule has 0 aliphatic carbocycles. The molecule has 0 saturated carbocycles. The zero-order valence-corrected chi connectivity index (χ0v) is 15.0. The normalized spacial score (nSPS) is 17.6. The van der Waals surface area contributed by atoms with Gasteiger partial charge in [0, 0.05) is 6.04 Å². The Morgan fingerprint density at radius 3 is 2.44 bits per heavy atom. The maximum Gasteiger partial charge on any atom is 0.490 e. The summed E-state index contributed by atoms with van der Waals surface area (Å²) in [6.45, 7) is 3.34. The maximum absolute atomic E-state index is 11.8. The summed E-state index contributed by atoms with van der Waals surface area (Å²) in [4.78, 5) is 30.5. The quantitative estimate of drug-likeness (QED) is 0.422. The number of carboxylic acid groups (broad SMARTS) is 1. The first kappa shape index (κ1) is 22.9. The minimum absolute atomic E-state index is 0.123. The van der Waals surface area contributed by atoms with Crippen LogP contribution in [0.4, 0.5) is 13.2 Å². The van der Waals surface area contributed by atoms with Gasteiger partial charge in [-0.3, -0.25) is 4.89 Å². The van der Waals surface area contributed by atoms with Gasteiger partial charge in [0.25, 0.3) is 0 Å². The topological polar surface area (TPSA) is 84.9 Å². The van der Waals surface area contributed by atoms with Crippen LogP contribution in [0.25, 0.3) is 0 Å². The molecule has 1 fully saturated rings. The summed E-state index contributed by atoms with van der Waals surface area (Å²) < 4.78 is 31.7. The molecule has 6 nitrogen and oxygen atoms in total. The van der Waals surface area contributed by atoms with Crippen LogP contribution in [0.1, 0.15) is 31.7 Å². The highest BCUT2D eigenvalue weighted by molar-refractivity contribution is 5.73. The van der Waals surface area contributed by atoms with Crippen molar-refractivity contribution in [3.63, 3.8) is 0 Å². The van der Waals surface area contributed by atoms with Crippen molar-refractivity contribution in [3.8, 4) is 0 Å². The Morgan fingerprint density at radius 1 is 1.30 bits per heavy atom. The fourth-order valence-corrected chi connectivity index (χ4v) is 2.47. The fraction of sp³-hybridized carbons (Fsp3) is 0.556. The molecule has 1 aromatic carbocycles. The van der Waals surface area contributed by atoms with Crippen molar-refractivity contribution in [1.82, 2.24) is 5.32 Å². The Bertz CT molecular complexity index is 574. The standard InChI is InChI=1S/C16H23NO3.C2HF3O2/c1-13(12-15-8-5-10-17-15)16(18)20-19-11-9-14-6-3-2-4-7-14;3-2(4,5)1(6)7/h2-4,6-7,13,15,17H,5,8-12H2,1H3;(H,6,7)/t13-,15+;/m1./s1. The number of nitrogens with one attached hydrogen (secondary N) is 1. The van der Waals surface area contributed by atoms with Gasteiger partial charge in [0.15, 0.2) is 0 Å². The van der Waals surface area contributed by atoms with Gasteiger partial charge in [-0.1, -0.05) is 37.3 Å². The zero-order chi connectivity index (χ0) is 20.3. The average Bonchev–Trinajstić information content (AvgIpc) is 3.12. The molecule has 2 N–H and O–H groups in total. The van der Waals surface area contributed by atoms with Gasteiger partial charge in [-0.15, -0.1) is 0 Å². The van der Waals surface area contributed by atoms with Crippen LogP contribution in [0.3, 0.4) is 0 Å². The van der Waals surface area contributed by atoms with E-state index in [1.54, 1.807) is 0 Å². The number of aliphatic carboxylic acids is 1. The van der Waals surface area contributed by atoms with Gasteiger partial charge in [0.05, 0.1) is 12.5 Å². The zero-order valence-electron chi connectivity index (χ0n) is 15.0. The first-order valence-electron chi connectivity index (χ1n) is 8.61. The third-order valence-electron chi connectivity index (χ3n) is 3.90. The molecule has 1 heterocycles. The van der Waals surface area contributed by atoms with Crippen molar-refractivity contribution in [3.05, 3.63) is 35.9 Å². The van der Waals surface area contributed by atoms with Crippen molar-refractivity contribution in [1.29, 1.82) is 0 Å². The third-order valence-corrected chi connectivity index (χ3v) is 3.90. The van der Waals surface area contributed by atoms with E-state index in [9.17, 15) is 18.0 Å². The van der Waals surface area contributed by atoms with Crippen LogP contribution < -0.4 is 5.32 Å². The highest BCUT2D eigenvalue weighted by Crippen LogP contribution is 2.16. The second-order valence-corrected chi connectivity index (χ2v) is 6.19. The van der Waals surface area contributed by atoms with Crippen LogP contribution in [-0.2, 0) is 25.8 Å². The lowest BCUT2D eigenvalue weighted by atomic mass is 10.0. The van der Waals surface area contributed by atoms with Crippen LogP contribution in [0.2, 0.25) is 0 Å². The number of carboxylic acids is 1. The molecule has 2 rings (SSSR count). The number of rotatable bonds is 7. The minimum Gasteiger partial charge on any atom is -0.475 e. The van der Waals surface area contributed by atoms with Crippen molar-refractivity contribution >= 4 is 11.9 Å². The molecule has 0 aromatic heterocycles. The van der Waals surface area contributed by atoms with E-state index in [0.717, 1.165) is 25.8 Å². The summed E-state index contributed by atoms with van der Waals surface area (Å²) >= 11 is 0. The molecule has 0 amide bonds. The summed E-state index contributed by atoms with van der Waals surface area (Å²) in [6, 6.07) is 10.4. The summed E-state index contributed by atoms with van der Waals surface area (Å²) in [5.41, 5.74) is 1.17. The van der Waals surface area contributed by atoms with E-state index in [-0.39, 0.29) is 11.9 Å². The maximum atomic E-state index is 11.8. The van der Waals surface area contributed by atoms with Crippen molar-refractivity contribution in [2.45, 2.75) is 44.8 Å². The molecule has 0 bridgehead atoms. The number of hydrogen-bond donors (Lipinski definition) is 2. The third kappa shape index (κ3) is 9.95. The van der Waals surface area contributed by atoms with Crippen LogP contribution in [0.15, 0.2) is 30.3 Å². The Hall–Kier alpha value is -2.13. The monoisotopic (exact) mass is 391 g/mol. The van der Waals surface area contributed by atoms with Crippen LogP contribution in [0, 0.1) is 5.92 Å². The van der Waals surface area contributed by atoms with Crippen LogP contribution in [-0.4, -0.2) is 42.4 Å². The molecule has 1 aromatic rings. The molecule has 27 heavy (non-hydrogen) atoms. The van der Waals surface area contributed by atoms with E-state index in [1.165, 1.54) is 12.0 Å². The lowest BCUT2D eigenvalue weighted by Gasteiger charge is -2.14. The van der Waals surface area contributed by atoms with Gasteiger partial charge in [-0.25, -0.2) is 9.59 Å². The van der Waals surface area contributed by atoms with Gasteiger partial charge in [0.1, 0.15) is 0 Å². The lowest BCUT2D eigenvalue weighted by Crippen LogP contribution is -2.27. The molecule has 0 unspecified atom stereocenters. The van der Waals surface area contributed by atoms with E-state index in [1.807, 2.05) is 37.3 Å². The molecule has 2 atom stereocenters. The van der Waals surface area contributed by atoms with Crippen molar-refractivity contribution in [2.24, 2.45) is 5.92 Å². The van der Waals surface area contributed by atoms with Crippen LogP contribution >= 0.6 is 0 Å². The summed E-state index contributed by atoms with van der Waals surface area (Å²) in [7, 11) is 0. The molecule has 1 saturated heterocycles. The van der Waals surface area contributed by atoms with E-state index in [2.05, 4.69) is 5.32 Å². The SMILES string of the molecule is C[C@H](C[C@@H]1CCCN1)C(=O)OOCCc1ccccc1.O=C(O)C(F)(F)F. The number of alkyl halides is 3. The molecule has 1 aliphatic heterocycles. The Kier molecular flexibility index (Phi) is 9.81. The fourth-order valence-electron chi connectivity index (χ4n) is 2.47. The number of hydrogen-bond acceptors (Lipinski definition) is 5. The van der Waals surface area contributed by atoms with Gasteiger partial charge < -0.3 is 10.4 Å². The second-order valence-electron chi connectivity index (χ2n) is 6.19. The van der Waals surface area contributed by atoms with E-state index in [0.29, 0.717) is 12.6 Å². The van der Waals surface area contributed by atoms with Gasteiger partial charge in [-0.2, -0.15) is 18.1 Å². The first-order chi connectivity index (χ1) is 12.7. The highest BCUT2D eigenvalue weighted by Gasteiger charge is 2.38. The van der Waals surface area contributed by atoms with Crippen molar-refractivity contribution in [2.75, 3.05) is 13.2 Å². The second kappa shape index (κ2) is 11.6. The number of benzene rings is 1. The summed E-state index contributed by atoms with van der Waals surface area (Å²) in [5.74, 6) is -3.15. The Balaban J connectivity index is 0.000000445. The van der Waals surface area contributed by atoms with Gasteiger partial charge in [0.2, 0.25) is 0 Å². The number of halogens is 3. The lowest BCUT2D eigenvalue weighted by molar-refractivity contribution is -0.275. The molecule has 0 radical (unpaired) electrons. The smallest absolute Gasteiger partial charge is 0.475 e. The predicted molar refractivity (Wildman–Crippen MR) is 90.7 cm³/mol. The molecule has 152 valence electrons. The van der Waals surface area contributed by atoms with E-state index in [4.69, 9.17) is 19.7 Å². The Labute approximate surface area is 155 Å². The van der Waals surface area contributed by atoms with Gasteiger partial charge >= 0.3 is 18.1 Å². The predicted octanol–water partition coefficient (Wildman–Crippen LogP) is 3.12. The minimum atomic E-state index is -5.08. The summed E-state index contributed by atoms with van der Waals surface area (Å²) in [6.07, 6.45) is -1.18. The van der Waals surface area contributed by atoms with E-state index >= 15 is 0 Å². The van der Waals surface area contributed by atoms with Crippen LogP contribution in [0.5, 0.6) is 0 Å². The summed E-state index contributed by atoms with van der Waals surface area (Å²) in [5, 5.41) is 10.5. The molecule has 9 heteroatoms. The highest BCUT2D eigenvalue weighted by atomic mass is 19.4. The van der Waals surface area contributed by atoms with Gasteiger partial charge in [-0.05, 0) is 37.8 Å². The average molecular weight is 391 g/mol. The Morgan fingerprint density at radius 2 is 1.93 bits per heavy atom. The number of carbonyl (C=O) groups is 2. The van der Waals surface area contributed by atoms with E-state index < -0.39 is 12.1 Å². The van der Waals surface area contributed by atoms with Crippen molar-refractivity contribution < 1.29 is 37.6 Å². The molecular formula is C18H24F3NO5. The molecular weight excluding hydrogens is 367 g/mol. The number of carbonyl (C=O) groups excluding carboxylic acids is 1. The first-order valence-corrected chi connectivity index (χ1v) is 8.61. The molecule has 0 spiro atoms.